The second-order valence-electron chi connectivity index (χ2n) is 11.2. The highest BCUT2D eigenvalue weighted by atomic mass is 32.2. The van der Waals surface area contributed by atoms with E-state index >= 15 is 0 Å². The zero-order valence-corrected chi connectivity index (χ0v) is 26.4. The van der Waals surface area contributed by atoms with Crippen LogP contribution in [0.5, 0.6) is 5.75 Å². The number of carbonyl (C=O) groups excluding carboxylic acids is 3. The predicted octanol–water partition coefficient (Wildman–Crippen LogP) is 0.609. The van der Waals surface area contributed by atoms with E-state index in [0.717, 1.165) is 6.20 Å². The molecular formula is C28H30N8O9S2. The molecule has 2 aliphatic heterocycles. The molecule has 0 spiro atoms. The summed E-state index contributed by atoms with van der Waals surface area (Å²) in [7, 11) is -3.97. The summed E-state index contributed by atoms with van der Waals surface area (Å²) in [4.78, 5) is 69.8. The molecule has 3 heterocycles. The van der Waals surface area contributed by atoms with Gasteiger partial charge in [0.2, 0.25) is 27.8 Å². The SMILES string of the molecule is CC1(C)S[C@@H]2[C@H](C(NC(=O)Nc3cnc(Nc4ccc(S(=O)(=O)NCC(N)=O)cc4)[nH]c3=O)c3ccc(O)cc3)C(=O)N2[C@H]1C(=O)O. The smallest absolute Gasteiger partial charge is 0.327 e. The molecule has 2 fully saturated rings. The quantitative estimate of drug-likeness (QED) is 0.129. The molecule has 19 heteroatoms. The van der Waals surface area contributed by atoms with Gasteiger partial charge in [0.1, 0.15) is 17.5 Å². The summed E-state index contributed by atoms with van der Waals surface area (Å²) < 4.78 is 25.7. The van der Waals surface area contributed by atoms with Gasteiger partial charge in [-0.3, -0.25) is 19.4 Å². The Hall–Kier alpha value is -5.14. The fraction of sp³-hybridized carbons (Fsp3) is 0.286. The minimum Gasteiger partial charge on any atom is -0.508 e. The van der Waals surface area contributed by atoms with Crippen molar-refractivity contribution in [2.75, 3.05) is 17.2 Å². The molecule has 1 unspecified atom stereocenters. The zero-order chi connectivity index (χ0) is 34.3. The number of primary amides is 1. The maximum atomic E-state index is 13.3. The number of sulfonamides is 1. The number of phenols is 1. The minimum absolute atomic E-state index is 0.0283. The number of hydrogen-bond acceptors (Lipinski definition) is 11. The molecule has 248 valence electrons. The third-order valence-corrected chi connectivity index (χ3v) is 10.5. The number of benzene rings is 2. The fourth-order valence-corrected chi connectivity index (χ4v) is 8.08. The molecule has 5 rings (SSSR count). The molecule has 2 aromatic carbocycles. The van der Waals surface area contributed by atoms with Crippen molar-refractivity contribution in [1.82, 2.24) is 24.9 Å². The molecule has 2 saturated heterocycles. The summed E-state index contributed by atoms with van der Waals surface area (Å²) in [6, 6.07) is 8.32. The number of phenolic OH excluding ortho intramolecular Hbond substituents is 1. The van der Waals surface area contributed by atoms with Crippen molar-refractivity contribution in [3.8, 4) is 5.75 Å². The number of fused-ring (bicyclic) bond motifs is 1. The second kappa shape index (κ2) is 12.6. The van der Waals surface area contributed by atoms with Gasteiger partial charge in [-0.05, 0) is 55.8 Å². The van der Waals surface area contributed by atoms with Crippen LogP contribution in [-0.4, -0.2) is 80.0 Å². The number of aromatic amines is 1. The zero-order valence-electron chi connectivity index (χ0n) is 24.8. The fourth-order valence-electron chi connectivity index (χ4n) is 5.36. The number of H-pyrrole nitrogens is 1. The normalized spacial score (nSPS) is 20.4. The number of nitrogens with one attached hydrogen (secondary N) is 5. The van der Waals surface area contributed by atoms with E-state index in [2.05, 4.69) is 30.6 Å². The Kier molecular flexibility index (Phi) is 8.89. The minimum atomic E-state index is -3.97. The number of anilines is 3. The first-order valence-electron chi connectivity index (χ1n) is 13.9. The van der Waals surface area contributed by atoms with Crippen LogP contribution in [0, 0.1) is 5.92 Å². The second-order valence-corrected chi connectivity index (χ2v) is 14.7. The van der Waals surface area contributed by atoms with Crippen molar-refractivity contribution in [2.45, 2.75) is 40.9 Å². The molecule has 4 amide bonds. The molecule has 47 heavy (non-hydrogen) atoms. The number of carbonyl (C=O) groups is 4. The predicted molar refractivity (Wildman–Crippen MR) is 169 cm³/mol. The number of carboxylic acids is 1. The van der Waals surface area contributed by atoms with E-state index in [1.807, 2.05) is 0 Å². The molecule has 9 N–H and O–H groups in total. The van der Waals surface area contributed by atoms with Gasteiger partial charge in [-0.25, -0.2) is 27.7 Å². The first-order valence-corrected chi connectivity index (χ1v) is 16.3. The number of β-lactam (4-membered cyclic amide) rings is 1. The molecule has 0 bridgehead atoms. The molecule has 0 radical (unpaired) electrons. The van der Waals surface area contributed by atoms with E-state index in [0.29, 0.717) is 11.3 Å². The Labute approximate surface area is 271 Å². The van der Waals surface area contributed by atoms with E-state index in [1.165, 1.54) is 65.2 Å². The summed E-state index contributed by atoms with van der Waals surface area (Å²) in [5.41, 5.74) is 4.83. The number of nitrogens with zero attached hydrogens (tertiary/aromatic N) is 2. The van der Waals surface area contributed by atoms with Gasteiger partial charge in [-0.2, -0.15) is 0 Å². The first kappa shape index (κ1) is 33.2. The lowest BCUT2D eigenvalue weighted by Gasteiger charge is -2.47. The summed E-state index contributed by atoms with van der Waals surface area (Å²) in [5.74, 6) is -3.33. The van der Waals surface area contributed by atoms with Gasteiger partial charge in [0, 0.05) is 10.4 Å². The van der Waals surface area contributed by atoms with Crippen molar-refractivity contribution in [1.29, 1.82) is 0 Å². The Bertz CT molecular complexity index is 1900. The van der Waals surface area contributed by atoms with Crippen LogP contribution >= 0.6 is 11.8 Å². The van der Waals surface area contributed by atoms with Crippen LogP contribution in [0.2, 0.25) is 0 Å². The number of aliphatic carboxylic acids is 1. The highest BCUT2D eigenvalue weighted by Gasteiger charge is 2.65. The Morgan fingerprint density at radius 3 is 2.36 bits per heavy atom. The van der Waals surface area contributed by atoms with Crippen molar-refractivity contribution in [2.24, 2.45) is 11.7 Å². The van der Waals surface area contributed by atoms with Gasteiger partial charge in [-0.1, -0.05) is 12.1 Å². The average molecular weight is 687 g/mol. The summed E-state index contributed by atoms with van der Waals surface area (Å²) >= 11 is 1.31. The number of rotatable bonds is 11. The van der Waals surface area contributed by atoms with E-state index < -0.39 is 74.1 Å². The van der Waals surface area contributed by atoms with Crippen LogP contribution in [0.4, 0.5) is 22.1 Å². The highest BCUT2D eigenvalue weighted by Crippen LogP contribution is 2.56. The number of aromatic hydroxyl groups is 1. The van der Waals surface area contributed by atoms with Gasteiger partial charge in [0.25, 0.3) is 5.56 Å². The van der Waals surface area contributed by atoms with Gasteiger partial charge < -0.3 is 36.8 Å². The van der Waals surface area contributed by atoms with Crippen molar-refractivity contribution in [3.63, 3.8) is 0 Å². The highest BCUT2D eigenvalue weighted by molar-refractivity contribution is 8.01. The third-order valence-electron chi connectivity index (χ3n) is 7.53. The van der Waals surface area contributed by atoms with Crippen LogP contribution in [0.1, 0.15) is 25.5 Å². The van der Waals surface area contributed by atoms with Crippen molar-refractivity contribution >= 4 is 62.9 Å². The summed E-state index contributed by atoms with van der Waals surface area (Å²) in [5, 5.41) is 26.9. The van der Waals surface area contributed by atoms with Crippen molar-refractivity contribution in [3.05, 3.63) is 70.6 Å². The molecule has 2 aliphatic rings. The number of thioether (sulfide) groups is 1. The van der Waals surface area contributed by atoms with Crippen LogP contribution < -0.4 is 32.0 Å². The molecule has 4 atom stereocenters. The monoisotopic (exact) mass is 686 g/mol. The lowest BCUT2D eigenvalue weighted by atomic mass is 9.83. The number of carboxylic acid groups (broad SMARTS) is 1. The Morgan fingerprint density at radius 2 is 1.77 bits per heavy atom. The number of hydrogen-bond donors (Lipinski definition) is 8. The van der Waals surface area contributed by atoms with E-state index in [9.17, 15) is 42.6 Å². The van der Waals surface area contributed by atoms with Gasteiger partial charge in [0.05, 0.1) is 35.0 Å². The van der Waals surface area contributed by atoms with E-state index in [4.69, 9.17) is 5.73 Å². The van der Waals surface area contributed by atoms with Gasteiger partial charge in [0.15, 0.2) is 0 Å². The van der Waals surface area contributed by atoms with Gasteiger partial charge in [-0.15, -0.1) is 11.8 Å². The molecule has 1 aromatic heterocycles. The average Bonchev–Trinajstić information content (AvgIpc) is 3.25. The largest absolute Gasteiger partial charge is 0.508 e. The van der Waals surface area contributed by atoms with E-state index in [1.54, 1.807) is 13.8 Å². The number of aromatic nitrogens is 2. The third kappa shape index (κ3) is 6.86. The molecule has 17 nitrogen and oxygen atoms in total. The van der Waals surface area contributed by atoms with E-state index in [-0.39, 0.29) is 22.3 Å². The lowest BCUT2D eigenvalue weighted by Crippen LogP contribution is -2.65. The van der Waals surface area contributed by atoms with Crippen LogP contribution in [0.15, 0.2) is 64.4 Å². The van der Waals surface area contributed by atoms with Crippen LogP contribution in [0.25, 0.3) is 0 Å². The summed E-state index contributed by atoms with van der Waals surface area (Å²) in [6.07, 6.45) is 1.09. The maximum Gasteiger partial charge on any atom is 0.327 e. The Morgan fingerprint density at radius 1 is 1.11 bits per heavy atom. The van der Waals surface area contributed by atoms with Crippen LogP contribution in [0.3, 0.4) is 0 Å². The maximum absolute atomic E-state index is 13.3. The molecule has 0 aliphatic carbocycles. The number of nitrogens with two attached hydrogens (primary N) is 1. The topological polar surface area (TPSA) is 266 Å². The molecule has 0 saturated carbocycles. The lowest BCUT2D eigenvalue weighted by molar-refractivity contribution is -0.164. The first-order chi connectivity index (χ1) is 22.1. The van der Waals surface area contributed by atoms with Crippen molar-refractivity contribution < 1.29 is 37.8 Å². The van der Waals surface area contributed by atoms with Crippen LogP contribution in [-0.2, 0) is 24.4 Å². The Balaban J connectivity index is 1.28. The molecular weight excluding hydrogens is 656 g/mol. The number of urea groups is 1. The molecule has 3 aromatic rings. The number of amides is 4. The summed E-state index contributed by atoms with van der Waals surface area (Å²) in [6.45, 7) is 2.91. The standard InChI is InChI=1S/C28H30N8O9S2/c1-28(2)21(25(41)42)36-23(40)19(24(36)46-28)20(13-3-7-15(37)8-4-13)34-27(43)33-17-11-30-26(35-22(17)39)32-14-5-9-16(10-6-14)47(44,45)31-12-18(29)38/h3-11,19-21,24,31,37H,12H2,1-2H3,(H2,29,38)(H,41,42)(H2,33,34,43)(H2,30,32,35,39)/t19-,20?,21+,24-/m1/s1. The van der Waals surface area contributed by atoms with Gasteiger partial charge >= 0.3 is 12.0 Å².